The quantitative estimate of drug-likeness (QED) is 0.858. The predicted octanol–water partition coefficient (Wildman–Crippen LogP) is 3.91. The highest BCUT2D eigenvalue weighted by Crippen LogP contribution is 2.28. The summed E-state index contributed by atoms with van der Waals surface area (Å²) < 4.78 is 0. The van der Waals surface area contributed by atoms with Crippen molar-refractivity contribution in [3.05, 3.63) is 45.2 Å². The summed E-state index contributed by atoms with van der Waals surface area (Å²) in [4.78, 5) is 25.0. The van der Waals surface area contributed by atoms with Crippen LogP contribution in [0.3, 0.4) is 0 Å². The molecular formula is C18H23N3OS. The van der Waals surface area contributed by atoms with Crippen LogP contribution in [0.5, 0.6) is 0 Å². The molecule has 1 aliphatic rings. The van der Waals surface area contributed by atoms with Crippen LogP contribution in [0.4, 0.5) is 0 Å². The van der Waals surface area contributed by atoms with Gasteiger partial charge in [-0.05, 0) is 38.3 Å². The molecule has 3 heterocycles. The zero-order valence-electron chi connectivity index (χ0n) is 14.2. The number of carbonyl (C=O) groups is 1. The molecule has 122 valence electrons. The summed E-state index contributed by atoms with van der Waals surface area (Å²) in [5.74, 6) is 1.74. The Morgan fingerprint density at radius 3 is 2.57 bits per heavy atom. The highest BCUT2D eigenvalue weighted by molar-refractivity contribution is 7.10. The second-order valence-electron chi connectivity index (χ2n) is 6.64. The molecule has 5 heteroatoms. The lowest BCUT2D eigenvalue weighted by Gasteiger charge is -2.15. The van der Waals surface area contributed by atoms with Crippen molar-refractivity contribution >= 4 is 17.2 Å². The van der Waals surface area contributed by atoms with E-state index >= 15 is 0 Å². The molecule has 1 amide bonds. The Labute approximate surface area is 141 Å². The standard InChI is InChI=1S/C18H23N3OS/c1-11(2)16-8-15(10-23-16)18(22)21-6-5-14(9-21)17-19-12(3)7-13(4)20-17/h7-8,10-11,14H,5-6,9H2,1-4H3/t14-/m0/s1. The fraction of sp³-hybridized carbons (Fsp3) is 0.500. The first-order chi connectivity index (χ1) is 10.9. The van der Waals surface area contributed by atoms with E-state index in [9.17, 15) is 4.79 Å². The van der Waals surface area contributed by atoms with Crippen molar-refractivity contribution < 1.29 is 4.79 Å². The Kier molecular flexibility index (Phi) is 4.48. The summed E-state index contributed by atoms with van der Waals surface area (Å²) in [5.41, 5.74) is 2.81. The minimum atomic E-state index is 0.139. The number of carbonyl (C=O) groups excluding carboxylic acids is 1. The number of likely N-dealkylation sites (tertiary alicyclic amines) is 1. The molecule has 1 aliphatic heterocycles. The van der Waals surface area contributed by atoms with E-state index in [0.29, 0.717) is 12.5 Å². The Balaban J connectivity index is 1.72. The van der Waals surface area contributed by atoms with Gasteiger partial charge in [0.15, 0.2) is 0 Å². The molecule has 0 N–H and O–H groups in total. The largest absolute Gasteiger partial charge is 0.338 e. The van der Waals surface area contributed by atoms with Crippen LogP contribution in [0.1, 0.15) is 64.6 Å². The van der Waals surface area contributed by atoms with Crippen molar-refractivity contribution in [1.82, 2.24) is 14.9 Å². The van der Waals surface area contributed by atoms with Crippen molar-refractivity contribution in [1.29, 1.82) is 0 Å². The van der Waals surface area contributed by atoms with Gasteiger partial charge in [0.05, 0.1) is 5.56 Å². The third kappa shape index (κ3) is 3.44. The number of amides is 1. The second kappa shape index (κ2) is 6.40. The molecule has 3 rings (SSSR count). The molecule has 1 atom stereocenters. The van der Waals surface area contributed by atoms with Crippen LogP contribution in [0.15, 0.2) is 17.5 Å². The molecule has 4 nitrogen and oxygen atoms in total. The van der Waals surface area contributed by atoms with Crippen LogP contribution >= 0.6 is 11.3 Å². The molecule has 23 heavy (non-hydrogen) atoms. The first-order valence-corrected chi connectivity index (χ1v) is 9.02. The Morgan fingerprint density at radius 1 is 1.26 bits per heavy atom. The average molecular weight is 329 g/mol. The Bertz CT molecular complexity index is 703. The summed E-state index contributed by atoms with van der Waals surface area (Å²) in [6.45, 7) is 9.80. The van der Waals surface area contributed by atoms with Crippen molar-refractivity contribution in [3.8, 4) is 0 Å². The number of aryl methyl sites for hydroxylation is 2. The number of aromatic nitrogens is 2. The number of nitrogens with zero attached hydrogens (tertiary/aromatic N) is 3. The van der Waals surface area contributed by atoms with E-state index < -0.39 is 0 Å². The first kappa shape index (κ1) is 16.1. The van der Waals surface area contributed by atoms with Gasteiger partial charge in [-0.2, -0.15) is 0 Å². The molecule has 0 aliphatic carbocycles. The summed E-state index contributed by atoms with van der Waals surface area (Å²) >= 11 is 1.67. The normalized spacial score (nSPS) is 18.0. The van der Waals surface area contributed by atoms with Crippen molar-refractivity contribution in [2.45, 2.75) is 46.0 Å². The van der Waals surface area contributed by atoms with E-state index in [2.05, 4.69) is 23.8 Å². The van der Waals surface area contributed by atoms with E-state index in [1.165, 1.54) is 4.88 Å². The van der Waals surface area contributed by atoms with Crippen LogP contribution in [0.25, 0.3) is 0 Å². The molecule has 1 saturated heterocycles. The maximum absolute atomic E-state index is 12.7. The number of hydrogen-bond donors (Lipinski definition) is 0. The Morgan fingerprint density at radius 2 is 1.96 bits per heavy atom. The number of hydrogen-bond acceptors (Lipinski definition) is 4. The monoisotopic (exact) mass is 329 g/mol. The minimum absolute atomic E-state index is 0.139. The van der Waals surface area contributed by atoms with Gasteiger partial charge in [-0.25, -0.2) is 9.97 Å². The van der Waals surface area contributed by atoms with Gasteiger partial charge in [-0.1, -0.05) is 13.8 Å². The highest BCUT2D eigenvalue weighted by Gasteiger charge is 2.30. The van der Waals surface area contributed by atoms with E-state index in [1.807, 2.05) is 36.3 Å². The summed E-state index contributed by atoms with van der Waals surface area (Å²) in [6, 6.07) is 4.03. The van der Waals surface area contributed by atoms with Gasteiger partial charge >= 0.3 is 0 Å². The maximum atomic E-state index is 12.7. The summed E-state index contributed by atoms with van der Waals surface area (Å²) in [7, 11) is 0. The fourth-order valence-electron chi connectivity index (χ4n) is 3.04. The topological polar surface area (TPSA) is 46.1 Å². The highest BCUT2D eigenvalue weighted by atomic mass is 32.1. The molecule has 2 aromatic heterocycles. The number of thiophene rings is 1. The van der Waals surface area contributed by atoms with Gasteiger partial charge < -0.3 is 4.90 Å². The van der Waals surface area contributed by atoms with Crippen LogP contribution < -0.4 is 0 Å². The predicted molar refractivity (Wildman–Crippen MR) is 93.2 cm³/mol. The summed E-state index contributed by atoms with van der Waals surface area (Å²) in [5, 5.41) is 1.98. The van der Waals surface area contributed by atoms with Crippen molar-refractivity contribution in [2.24, 2.45) is 0 Å². The zero-order valence-corrected chi connectivity index (χ0v) is 15.0. The lowest BCUT2D eigenvalue weighted by Crippen LogP contribution is -2.28. The molecule has 2 aromatic rings. The SMILES string of the molecule is Cc1cc(C)nc([C@H]2CCN(C(=O)c3csc(C(C)C)c3)C2)n1. The van der Waals surface area contributed by atoms with E-state index in [0.717, 1.165) is 35.7 Å². The van der Waals surface area contributed by atoms with Gasteiger partial charge in [-0.3, -0.25) is 4.79 Å². The molecule has 1 fully saturated rings. The fourth-order valence-corrected chi connectivity index (χ4v) is 3.94. The second-order valence-corrected chi connectivity index (χ2v) is 7.58. The van der Waals surface area contributed by atoms with Gasteiger partial charge in [0.2, 0.25) is 0 Å². The molecule has 0 bridgehead atoms. The van der Waals surface area contributed by atoms with E-state index in [4.69, 9.17) is 0 Å². The average Bonchev–Trinajstić information content (AvgIpc) is 3.15. The molecule has 0 spiro atoms. The first-order valence-electron chi connectivity index (χ1n) is 8.14. The smallest absolute Gasteiger partial charge is 0.254 e. The maximum Gasteiger partial charge on any atom is 0.254 e. The van der Waals surface area contributed by atoms with Gasteiger partial charge in [0.1, 0.15) is 5.82 Å². The van der Waals surface area contributed by atoms with Crippen molar-refractivity contribution in [3.63, 3.8) is 0 Å². The number of rotatable bonds is 3. The van der Waals surface area contributed by atoms with Crippen LogP contribution in [-0.4, -0.2) is 33.9 Å². The lowest BCUT2D eigenvalue weighted by molar-refractivity contribution is 0.0791. The van der Waals surface area contributed by atoms with E-state index in [-0.39, 0.29) is 11.8 Å². The van der Waals surface area contributed by atoms with Crippen LogP contribution in [0.2, 0.25) is 0 Å². The van der Waals surface area contributed by atoms with Crippen LogP contribution in [0, 0.1) is 13.8 Å². The van der Waals surface area contributed by atoms with Crippen molar-refractivity contribution in [2.75, 3.05) is 13.1 Å². The Hall–Kier alpha value is -1.75. The molecule has 0 unspecified atom stereocenters. The van der Waals surface area contributed by atoms with Gasteiger partial charge in [-0.15, -0.1) is 11.3 Å². The van der Waals surface area contributed by atoms with Gasteiger partial charge in [0.25, 0.3) is 5.91 Å². The third-order valence-electron chi connectivity index (χ3n) is 4.28. The lowest BCUT2D eigenvalue weighted by atomic mass is 10.1. The van der Waals surface area contributed by atoms with Crippen LogP contribution in [-0.2, 0) is 0 Å². The summed E-state index contributed by atoms with van der Waals surface area (Å²) in [6.07, 6.45) is 0.940. The zero-order chi connectivity index (χ0) is 16.6. The molecule has 0 radical (unpaired) electrons. The molecular weight excluding hydrogens is 306 g/mol. The third-order valence-corrected chi connectivity index (χ3v) is 5.51. The van der Waals surface area contributed by atoms with Gasteiger partial charge in [0, 0.05) is 40.7 Å². The van der Waals surface area contributed by atoms with E-state index in [1.54, 1.807) is 11.3 Å². The molecule has 0 aromatic carbocycles. The minimum Gasteiger partial charge on any atom is -0.338 e. The molecule has 0 saturated carbocycles.